The van der Waals surface area contributed by atoms with Gasteiger partial charge in [0.15, 0.2) is 0 Å². The molecule has 10 heteroatoms. The second-order valence-electron chi connectivity index (χ2n) is 22.8. The van der Waals surface area contributed by atoms with Crippen LogP contribution in [0.5, 0.6) is 23.0 Å². The minimum atomic E-state index is -0.222. The maximum Gasteiger partial charge on any atom is 0.143 e. The van der Waals surface area contributed by atoms with E-state index in [1.165, 1.54) is 11.1 Å². The molecule has 1 heterocycles. The summed E-state index contributed by atoms with van der Waals surface area (Å²) in [5.74, 6) is 2.25. The predicted octanol–water partition coefficient (Wildman–Crippen LogP) is 18.8. The number of aromatic hydroxyl groups is 2. The molecule has 0 radical (unpaired) electrons. The van der Waals surface area contributed by atoms with Crippen LogP contribution in [0.3, 0.4) is 0 Å². The number of fused-ring (bicyclic) bond motifs is 8. The molecule has 2 N–H and O–H groups in total. The maximum absolute atomic E-state index is 12.9. The zero-order chi connectivity index (χ0) is 51.4. The molecule has 0 aromatic heterocycles. The first-order chi connectivity index (χ1) is 32.6. The summed E-state index contributed by atoms with van der Waals surface area (Å²) >= 11 is 14.0. The number of hydrogen-bond donors (Lipinski definition) is 2. The Morgan fingerprint density at radius 3 is 0.829 bits per heavy atom. The van der Waals surface area contributed by atoms with Crippen LogP contribution in [-0.2, 0) is 45.2 Å². The third kappa shape index (κ3) is 11.9. The molecule has 1 aliphatic rings. The van der Waals surface area contributed by atoms with Crippen molar-refractivity contribution >= 4 is 78.9 Å². The average molecular weight is 1140 g/mol. The van der Waals surface area contributed by atoms with Crippen LogP contribution < -0.4 is 9.47 Å². The molecule has 0 amide bonds. The molecule has 1 aliphatic heterocycles. The Morgan fingerprint density at radius 1 is 0.386 bits per heavy atom. The molecular formula is C60H70Br2O4S4. The van der Waals surface area contributed by atoms with Gasteiger partial charge in [-0.1, -0.05) is 197 Å². The molecular weight excluding hydrogens is 1070 g/mol. The number of phenolic OH excluding ortho intramolecular Hbond substituents is 2. The Morgan fingerprint density at radius 2 is 0.614 bits per heavy atom. The summed E-state index contributed by atoms with van der Waals surface area (Å²) in [7, 11) is 3.51. The Bertz CT molecular complexity index is 2670. The van der Waals surface area contributed by atoms with Gasteiger partial charge in [0.05, 0.1) is 33.8 Å². The minimum absolute atomic E-state index is 0.208. The fourth-order valence-electron chi connectivity index (χ4n) is 8.86. The van der Waals surface area contributed by atoms with Crippen molar-refractivity contribution in [1.82, 2.24) is 0 Å². The van der Waals surface area contributed by atoms with E-state index in [2.05, 4.69) is 202 Å². The van der Waals surface area contributed by atoms with Gasteiger partial charge in [0.2, 0.25) is 0 Å². The van der Waals surface area contributed by atoms with Gasteiger partial charge in [-0.25, -0.2) is 0 Å². The van der Waals surface area contributed by atoms with Crippen molar-refractivity contribution in [3.05, 3.63) is 140 Å². The number of alkyl halides is 2. The number of benzene rings is 6. The number of ether oxygens (including phenoxy) is 2. The Hall–Kier alpha value is -3.12. The highest BCUT2D eigenvalue weighted by atomic mass is 79.9. The summed E-state index contributed by atoms with van der Waals surface area (Å²) in [6.45, 7) is 31.3. The number of hydrogen-bond acceptors (Lipinski definition) is 8. The minimum Gasteiger partial charge on any atom is -0.506 e. The van der Waals surface area contributed by atoms with Crippen LogP contribution in [0.15, 0.2) is 112 Å². The van der Waals surface area contributed by atoms with Crippen LogP contribution in [0.4, 0.5) is 0 Å². The molecule has 372 valence electrons. The van der Waals surface area contributed by atoms with Gasteiger partial charge in [-0.05, 0) is 129 Å². The molecule has 6 aromatic carbocycles. The summed E-state index contributed by atoms with van der Waals surface area (Å²) in [6, 6.07) is 26.9. The molecule has 0 fully saturated rings. The van der Waals surface area contributed by atoms with E-state index in [0.717, 1.165) is 106 Å². The first kappa shape index (κ1) is 54.6. The molecule has 7 rings (SSSR count). The highest BCUT2D eigenvalue weighted by Crippen LogP contribution is 2.54. The van der Waals surface area contributed by atoms with Gasteiger partial charge in [-0.15, -0.1) is 0 Å². The molecule has 6 aromatic rings. The monoisotopic (exact) mass is 1140 g/mol. The number of halogens is 2. The largest absolute Gasteiger partial charge is 0.506 e. The van der Waals surface area contributed by atoms with E-state index < -0.39 is 0 Å². The third-order valence-corrected chi connectivity index (χ3v) is 18.6. The van der Waals surface area contributed by atoms with Gasteiger partial charge in [-0.2, -0.15) is 0 Å². The topological polar surface area (TPSA) is 58.9 Å². The molecule has 0 aliphatic carbocycles. The zero-order valence-electron chi connectivity index (χ0n) is 43.9. The Balaban J connectivity index is 1.63. The zero-order valence-corrected chi connectivity index (χ0v) is 50.3. The smallest absolute Gasteiger partial charge is 0.143 e. The second kappa shape index (κ2) is 21.0. The van der Waals surface area contributed by atoms with Crippen molar-refractivity contribution in [2.75, 3.05) is 14.2 Å². The van der Waals surface area contributed by atoms with E-state index in [1.807, 2.05) is 0 Å². The van der Waals surface area contributed by atoms with Crippen LogP contribution in [0.25, 0.3) is 0 Å². The van der Waals surface area contributed by atoms with Gasteiger partial charge >= 0.3 is 0 Å². The van der Waals surface area contributed by atoms with Crippen molar-refractivity contribution in [2.24, 2.45) is 0 Å². The van der Waals surface area contributed by atoms with Crippen LogP contribution in [0.2, 0.25) is 0 Å². The van der Waals surface area contributed by atoms with Crippen LogP contribution >= 0.6 is 78.9 Å². The van der Waals surface area contributed by atoms with E-state index in [1.54, 1.807) is 61.3 Å². The predicted molar refractivity (Wildman–Crippen MR) is 307 cm³/mol. The lowest BCUT2D eigenvalue weighted by Gasteiger charge is -2.28. The van der Waals surface area contributed by atoms with Gasteiger partial charge in [0, 0.05) is 54.2 Å². The van der Waals surface area contributed by atoms with Crippen molar-refractivity contribution < 1.29 is 19.7 Å². The SMILES string of the molecule is COc1c(CBr)cc(C)cc1Cc1c2cc(C(C)(C)C)cc1Sc1cc(C(C)(C)C)cc(c1O)Sc1cc(C(C)(C)C)cc(c1Cc1cc(C)cc(CBr)c1OC)Sc1cc(C(C)(C)C)cc(c1O)S2. The van der Waals surface area contributed by atoms with E-state index >= 15 is 0 Å². The summed E-state index contributed by atoms with van der Waals surface area (Å²) in [4.78, 5) is 7.40. The summed E-state index contributed by atoms with van der Waals surface area (Å²) in [5, 5.41) is 27.2. The van der Waals surface area contributed by atoms with Crippen molar-refractivity contribution in [2.45, 2.75) is 181 Å². The molecule has 0 saturated heterocycles. The van der Waals surface area contributed by atoms with Crippen LogP contribution in [0.1, 0.15) is 150 Å². The number of methoxy groups -OCH3 is 2. The number of phenols is 2. The molecule has 0 spiro atoms. The molecule has 70 heavy (non-hydrogen) atoms. The first-order valence-electron chi connectivity index (χ1n) is 23.9. The highest BCUT2D eigenvalue weighted by molar-refractivity contribution is 9.08. The second-order valence-corrected chi connectivity index (χ2v) is 28.3. The standard InChI is InChI=1S/C60H70Br2O4S4/c1-33-17-35(55(65-15)37(19-33)31-61)21-43-45-23-39(57(3,4)5)24-46(43)68-50-28-42(60(12,13)14)30-52(54(50)64)70-48-26-40(58(6,7)8)25-47(44(48)22-36-18-34(2)20-38(32-62)56(36)66-16)69-51-29-41(59(9,10)11)27-49(67-45)53(51)63/h17-20,23-30,63-64H,21-22,31-32H2,1-16H3. The molecule has 0 saturated carbocycles. The lowest BCUT2D eigenvalue weighted by atomic mass is 9.86. The Kier molecular flexibility index (Phi) is 16.4. The molecule has 0 unspecified atom stereocenters. The molecule has 0 atom stereocenters. The molecule has 8 bridgehead atoms. The quantitative estimate of drug-likeness (QED) is 0.146. The van der Waals surface area contributed by atoms with E-state index in [-0.39, 0.29) is 33.2 Å². The molecule has 4 nitrogen and oxygen atoms in total. The van der Waals surface area contributed by atoms with Crippen molar-refractivity contribution in [3.63, 3.8) is 0 Å². The normalized spacial score (nSPS) is 13.4. The number of rotatable bonds is 8. The Labute approximate surface area is 453 Å². The van der Waals surface area contributed by atoms with Crippen molar-refractivity contribution in [1.29, 1.82) is 0 Å². The van der Waals surface area contributed by atoms with Crippen LogP contribution in [0, 0.1) is 13.8 Å². The van der Waals surface area contributed by atoms with Crippen molar-refractivity contribution in [3.8, 4) is 23.0 Å². The maximum atomic E-state index is 12.9. The fourth-order valence-corrected chi connectivity index (χ4v) is 14.4. The van der Waals surface area contributed by atoms with E-state index in [4.69, 9.17) is 9.47 Å². The average Bonchev–Trinajstić information content (AvgIpc) is 3.25. The lowest BCUT2D eigenvalue weighted by molar-refractivity contribution is 0.407. The van der Waals surface area contributed by atoms with Gasteiger partial charge < -0.3 is 19.7 Å². The van der Waals surface area contributed by atoms with Gasteiger partial charge in [0.1, 0.15) is 23.0 Å². The van der Waals surface area contributed by atoms with Gasteiger partial charge in [-0.3, -0.25) is 0 Å². The van der Waals surface area contributed by atoms with Crippen LogP contribution in [-0.4, -0.2) is 24.4 Å². The van der Waals surface area contributed by atoms with E-state index in [0.29, 0.717) is 23.5 Å². The summed E-state index contributed by atoms with van der Waals surface area (Å²) in [5.41, 5.74) is 12.7. The first-order valence-corrected chi connectivity index (χ1v) is 29.4. The fraction of sp³-hybridized carbons (Fsp3) is 0.400. The highest BCUT2D eigenvalue weighted by Gasteiger charge is 2.30. The summed E-state index contributed by atoms with van der Waals surface area (Å²) in [6.07, 6.45) is 1.15. The number of aryl methyl sites for hydroxylation is 2. The summed E-state index contributed by atoms with van der Waals surface area (Å²) < 4.78 is 12.4. The lowest BCUT2D eigenvalue weighted by Crippen LogP contribution is -2.13. The van der Waals surface area contributed by atoms with Gasteiger partial charge in [0.25, 0.3) is 0 Å². The van der Waals surface area contributed by atoms with E-state index in [9.17, 15) is 10.2 Å². The third-order valence-electron chi connectivity index (χ3n) is 13.0.